The van der Waals surface area contributed by atoms with Crippen LogP contribution in [0.4, 0.5) is 11.4 Å². The Hall–Kier alpha value is -1.97. The average Bonchev–Trinajstić information content (AvgIpc) is 2.99. The molecule has 0 aliphatic carbocycles. The molecule has 0 bridgehead atoms. The smallest absolute Gasteiger partial charge is 0.0923 e. The minimum absolute atomic E-state index is 0.879. The number of fused-ring (bicyclic) bond motifs is 1. The summed E-state index contributed by atoms with van der Waals surface area (Å²) in [6.07, 6.45) is 4.82. The molecule has 4 nitrogen and oxygen atoms in total. The van der Waals surface area contributed by atoms with Gasteiger partial charge in [0.2, 0.25) is 0 Å². The normalized spacial score (nSPS) is 13.8. The third kappa shape index (κ3) is 1.86. The number of rotatable bonds is 3. The number of anilines is 2. The Kier molecular flexibility index (Phi) is 2.48. The quantitative estimate of drug-likeness (QED) is 0.844. The summed E-state index contributed by atoms with van der Waals surface area (Å²) in [4.78, 5) is 9.66. The molecule has 88 valence electrons. The SMILES string of the molecule is CNc1ccc2c(c1)N(Cc1c[nH]cn1)CC2. The molecule has 0 radical (unpaired) electrons. The molecule has 0 atom stereocenters. The van der Waals surface area contributed by atoms with E-state index >= 15 is 0 Å². The molecule has 2 N–H and O–H groups in total. The summed E-state index contributed by atoms with van der Waals surface area (Å²) in [5.74, 6) is 0. The van der Waals surface area contributed by atoms with Crippen molar-refractivity contribution in [3.8, 4) is 0 Å². The number of H-pyrrole nitrogens is 1. The predicted molar refractivity (Wildman–Crippen MR) is 69.3 cm³/mol. The van der Waals surface area contributed by atoms with Crippen molar-refractivity contribution in [2.75, 3.05) is 23.8 Å². The van der Waals surface area contributed by atoms with Gasteiger partial charge in [-0.3, -0.25) is 0 Å². The molecule has 4 heteroatoms. The number of imidazole rings is 1. The number of benzene rings is 1. The van der Waals surface area contributed by atoms with E-state index < -0.39 is 0 Å². The highest BCUT2D eigenvalue weighted by molar-refractivity contribution is 5.65. The zero-order valence-electron chi connectivity index (χ0n) is 9.90. The minimum Gasteiger partial charge on any atom is -0.388 e. The Morgan fingerprint density at radius 3 is 3.18 bits per heavy atom. The minimum atomic E-state index is 0.879. The van der Waals surface area contributed by atoms with E-state index in [1.54, 1.807) is 6.33 Å². The monoisotopic (exact) mass is 228 g/mol. The Morgan fingerprint density at radius 2 is 2.41 bits per heavy atom. The number of nitrogens with one attached hydrogen (secondary N) is 2. The van der Waals surface area contributed by atoms with Gasteiger partial charge >= 0.3 is 0 Å². The van der Waals surface area contributed by atoms with Crippen LogP contribution in [0.15, 0.2) is 30.7 Å². The van der Waals surface area contributed by atoms with Gasteiger partial charge in [-0.25, -0.2) is 4.98 Å². The predicted octanol–water partition coefficient (Wildman–Crippen LogP) is 2.01. The molecule has 0 spiro atoms. The molecule has 0 amide bonds. The van der Waals surface area contributed by atoms with Gasteiger partial charge in [-0.15, -0.1) is 0 Å². The Labute approximate surface area is 101 Å². The average molecular weight is 228 g/mol. The van der Waals surface area contributed by atoms with E-state index in [0.29, 0.717) is 0 Å². The van der Waals surface area contributed by atoms with E-state index in [-0.39, 0.29) is 0 Å². The fourth-order valence-electron chi connectivity index (χ4n) is 2.34. The first-order chi connectivity index (χ1) is 8.36. The fraction of sp³-hybridized carbons (Fsp3) is 0.308. The molecule has 1 aromatic heterocycles. The van der Waals surface area contributed by atoms with Gasteiger partial charge in [0.25, 0.3) is 0 Å². The molecule has 2 aromatic rings. The van der Waals surface area contributed by atoms with Gasteiger partial charge in [0.15, 0.2) is 0 Å². The first-order valence-corrected chi connectivity index (χ1v) is 5.90. The molecular weight excluding hydrogens is 212 g/mol. The standard InChI is InChI=1S/C13H16N4/c1-14-11-3-2-10-4-5-17(13(10)6-11)8-12-7-15-9-16-12/h2-3,6-7,9,14H,4-5,8H2,1H3,(H,15,16). The highest BCUT2D eigenvalue weighted by Crippen LogP contribution is 2.31. The molecule has 3 rings (SSSR count). The van der Waals surface area contributed by atoms with E-state index in [9.17, 15) is 0 Å². The lowest BCUT2D eigenvalue weighted by molar-refractivity contribution is 0.819. The number of nitrogens with zero attached hydrogens (tertiary/aromatic N) is 2. The molecule has 0 saturated heterocycles. The molecular formula is C13H16N4. The second kappa shape index (κ2) is 4.13. The van der Waals surface area contributed by atoms with Gasteiger partial charge in [0.05, 0.1) is 18.6 Å². The number of hydrogen-bond acceptors (Lipinski definition) is 3. The summed E-state index contributed by atoms with van der Waals surface area (Å²) in [7, 11) is 1.95. The Morgan fingerprint density at radius 1 is 1.47 bits per heavy atom. The van der Waals surface area contributed by atoms with Crippen LogP contribution in [0.3, 0.4) is 0 Å². The van der Waals surface area contributed by atoms with Crippen LogP contribution < -0.4 is 10.2 Å². The van der Waals surface area contributed by atoms with Crippen molar-refractivity contribution in [3.05, 3.63) is 42.0 Å². The molecule has 1 aliphatic rings. The number of aromatic amines is 1. The van der Waals surface area contributed by atoms with Crippen LogP contribution in [0.25, 0.3) is 0 Å². The summed E-state index contributed by atoms with van der Waals surface area (Å²) in [6, 6.07) is 6.57. The van der Waals surface area contributed by atoms with Crippen LogP contribution >= 0.6 is 0 Å². The molecule has 17 heavy (non-hydrogen) atoms. The van der Waals surface area contributed by atoms with Crippen molar-refractivity contribution in [2.45, 2.75) is 13.0 Å². The lowest BCUT2D eigenvalue weighted by atomic mass is 10.1. The summed E-state index contributed by atoms with van der Waals surface area (Å²) in [5.41, 5.74) is 5.02. The van der Waals surface area contributed by atoms with E-state index in [1.807, 2.05) is 13.2 Å². The third-order valence-electron chi connectivity index (χ3n) is 3.27. The topological polar surface area (TPSA) is 44.0 Å². The van der Waals surface area contributed by atoms with Crippen molar-refractivity contribution in [1.82, 2.24) is 9.97 Å². The third-order valence-corrected chi connectivity index (χ3v) is 3.27. The van der Waals surface area contributed by atoms with Crippen LogP contribution in [0, 0.1) is 0 Å². The van der Waals surface area contributed by atoms with Gasteiger partial charge in [0, 0.05) is 31.2 Å². The zero-order valence-corrected chi connectivity index (χ0v) is 9.90. The highest BCUT2D eigenvalue weighted by atomic mass is 15.2. The fourth-order valence-corrected chi connectivity index (χ4v) is 2.34. The molecule has 0 unspecified atom stereocenters. The van der Waals surface area contributed by atoms with Crippen molar-refractivity contribution < 1.29 is 0 Å². The first-order valence-electron chi connectivity index (χ1n) is 5.90. The molecule has 1 aromatic carbocycles. The van der Waals surface area contributed by atoms with Gasteiger partial charge < -0.3 is 15.2 Å². The van der Waals surface area contributed by atoms with E-state index in [2.05, 4.69) is 38.4 Å². The lowest BCUT2D eigenvalue weighted by Gasteiger charge is -2.18. The maximum atomic E-state index is 4.28. The number of hydrogen-bond donors (Lipinski definition) is 2. The van der Waals surface area contributed by atoms with Crippen molar-refractivity contribution in [2.24, 2.45) is 0 Å². The first kappa shape index (κ1) is 10.2. The van der Waals surface area contributed by atoms with Crippen LogP contribution in [0.1, 0.15) is 11.3 Å². The van der Waals surface area contributed by atoms with Gasteiger partial charge in [0.1, 0.15) is 0 Å². The highest BCUT2D eigenvalue weighted by Gasteiger charge is 2.19. The number of aromatic nitrogens is 2. The van der Waals surface area contributed by atoms with Crippen LogP contribution in [-0.2, 0) is 13.0 Å². The zero-order chi connectivity index (χ0) is 11.7. The Bertz CT molecular complexity index is 504. The summed E-state index contributed by atoms with van der Waals surface area (Å²) in [6.45, 7) is 1.96. The second-order valence-corrected chi connectivity index (χ2v) is 4.33. The molecule has 0 saturated carbocycles. The van der Waals surface area contributed by atoms with E-state index in [1.165, 1.54) is 11.3 Å². The van der Waals surface area contributed by atoms with Gasteiger partial charge in [-0.05, 0) is 24.1 Å². The van der Waals surface area contributed by atoms with E-state index in [4.69, 9.17) is 0 Å². The molecule has 1 aliphatic heterocycles. The summed E-state index contributed by atoms with van der Waals surface area (Å²) >= 11 is 0. The van der Waals surface area contributed by atoms with E-state index in [0.717, 1.165) is 30.9 Å². The maximum absolute atomic E-state index is 4.28. The van der Waals surface area contributed by atoms with Gasteiger partial charge in [-0.1, -0.05) is 6.07 Å². The van der Waals surface area contributed by atoms with Gasteiger partial charge in [-0.2, -0.15) is 0 Å². The van der Waals surface area contributed by atoms with Crippen molar-refractivity contribution in [3.63, 3.8) is 0 Å². The Balaban J connectivity index is 1.87. The van der Waals surface area contributed by atoms with Crippen LogP contribution in [-0.4, -0.2) is 23.6 Å². The largest absolute Gasteiger partial charge is 0.388 e. The lowest BCUT2D eigenvalue weighted by Crippen LogP contribution is -2.19. The maximum Gasteiger partial charge on any atom is 0.0923 e. The molecule has 2 heterocycles. The second-order valence-electron chi connectivity index (χ2n) is 4.33. The molecule has 0 fully saturated rings. The van der Waals surface area contributed by atoms with Crippen LogP contribution in [0.2, 0.25) is 0 Å². The van der Waals surface area contributed by atoms with Crippen molar-refractivity contribution in [1.29, 1.82) is 0 Å². The van der Waals surface area contributed by atoms with Crippen molar-refractivity contribution >= 4 is 11.4 Å². The van der Waals surface area contributed by atoms with Crippen LogP contribution in [0.5, 0.6) is 0 Å². The summed E-state index contributed by atoms with van der Waals surface area (Å²) < 4.78 is 0. The summed E-state index contributed by atoms with van der Waals surface area (Å²) in [5, 5.41) is 3.19.